The summed E-state index contributed by atoms with van der Waals surface area (Å²) in [6, 6.07) is 7.27. The number of hydrogen-bond donors (Lipinski definition) is 2. The van der Waals surface area contributed by atoms with E-state index in [1.165, 1.54) is 0 Å². The highest BCUT2D eigenvalue weighted by atomic mass is 16.5. The number of carbonyl (C=O) groups is 2. The van der Waals surface area contributed by atoms with E-state index in [9.17, 15) is 9.59 Å². The molecule has 26 heavy (non-hydrogen) atoms. The van der Waals surface area contributed by atoms with Crippen molar-refractivity contribution in [1.82, 2.24) is 10.2 Å². The molecular formula is C20H29N3O3. The van der Waals surface area contributed by atoms with Gasteiger partial charge in [-0.1, -0.05) is 6.07 Å². The molecule has 142 valence electrons. The Morgan fingerprint density at radius 1 is 1.27 bits per heavy atom. The number of anilines is 1. The number of nitrogens with zero attached hydrogens (tertiary/aromatic N) is 1. The molecule has 0 radical (unpaired) electrons. The Labute approximate surface area is 155 Å². The van der Waals surface area contributed by atoms with Crippen LogP contribution in [0.4, 0.5) is 5.69 Å². The molecule has 6 nitrogen and oxygen atoms in total. The molecule has 2 N–H and O–H groups in total. The second kappa shape index (κ2) is 8.08. The van der Waals surface area contributed by atoms with Crippen LogP contribution < -0.4 is 15.4 Å². The zero-order valence-corrected chi connectivity index (χ0v) is 15.7. The molecule has 2 fully saturated rings. The van der Waals surface area contributed by atoms with Gasteiger partial charge in [0.05, 0.1) is 0 Å². The molecule has 1 unspecified atom stereocenters. The van der Waals surface area contributed by atoms with Gasteiger partial charge >= 0.3 is 0 Å². The smallest absolute Gasteiger partial charge is 0.260 e. The molecule has 1 saturated heterocycles. The fourth-order valence-electron chi connectivity index (χ4n) is 3.90. The second-order valence-corrected chi connectivity index (χ2v) is 7.24. The van der Waals surface area contributed by atoms with E-state index in [1.807, 2.05) is 26.0 Å². The zero-order chi connectivity index (χ0) is 18.6. The minimum Gasteiger partial charge on any atom is -0.484 e. The van der Waals surface area contributed by atoms with Gasteiger partial charge in [-0.05, 0) is 63.7 Å². The van der Waals surface area contributed by atoms with Crippen molar-refractivity contribution in [3.8, 4) is 5.75 Å². The van der Waals surface area contributed by atoms with Crippen molar-refractivity contribution in [2.75, 3.05) is 38.1 Å². The zero-order valence-electron chi connectivity index (χ0n) is 15.7. The van der Waals surface area contributed by atoms with Gasteiger partial charge in [-0.15, -0.1) is 0 Å². The molecule has 1 aliphatic heterocycles. The predicted octanol–water partition coefficient (Wildman–Crippen LogP) is 2.26. The fourth-order valence-corrected chi connectivity index (χ4v) is 3.90. The maximum absolute atomic E-state index is 12.6. The van der Waals surface area contributed by atoms with Crippen molar-refractivity contribution >= 4 is 17.5 Å². The van der Waals surface area contributed by atoms with E-state index in [2.05, 4.69) is 10.6 Å². The monoisotopic (exact) mass is 359 g/mol. The van der Waals surface area contributed by atoms with Gasteiger partial charge in [0, 0.05) is 30.8 Å². The van der Waals surface area contributed by atoms with Crippen LogP contribution in [0.15, 0.2) is 24.3 Å². The number of nitrogens with one attached hydrogen (secondary N) is 2. The van der Waals surface area contributed by atoms with Gasteiger partial charge < -0.3 is 20.3 Å². The number of ether oxygens (including phenoxy) is 1. The first kappa shape index (κ1) is 18.7. The van der Waals surface area contributed by atoms with Gasteiger partial charge in [0.2, 0.25) is 5.91 Å². The van der Waals surface area contributed by atoms with Crippen molar-refractivity contribution in [3.05, 3.63) is 24.3 Å². The molecule has 1 spiro atoms. The molecule has 0 bridgehead atoms. The van der Waals surface area contributed by atoms with Crippen LogP contribution in [0.3, 0.4) is 0 Å². The van der Waals surface area contributed by atoms with E-state index in [-0.39, 0.29) is 29.8 Å². The normalized spacial score (nSPS) is 20.5. The summed E-state index contributed by atoms with van der Waals surface area (Å²) in [5, 5.41) is 6.37. The largest absolute Gasteiger partial charge is 0.484 e. The number of amides is 2. The molecule has 0 aromatic heterocycles. The van der Waals surface area contributed by atoms with Crippen LogP contribution >= 0.6 is 0 Å². The van der Waals surface area contributed by atoms with Gasteiger partial charge in [0.1, 0.15) is 5.75 Å². The molecular weight excluding hydrogens is 330 g/mol. The quantitative estimate of drug-likeness (QED) is 0.783. The van der Waals surface area contributed by atoms with E-state index in [1.54, 1.807) is 17.0 Å². The first-order chi connectivity index (χ1) is 12.6. The molecule has 1 aliphatic carbocycles. The van der Waals surface area contributed by atoms with Crippen LogP contribution in [0.5, 0.6) is 5.75 Å². The summed E-state index contributed by atoms with van der Waals surface area (Å²) >= 11 is 0. The lowest BCUT2D eigenvalue weighted by molar-refractivity contribution is -0.133. The Kier molecular flexibility index (Phi) is 5.81. The highest BCUT2D eigenvalue weighted by Gasteiger charge is 2.57. The SMILES string of the molecule is CCN(CC)C(=O)COc1cccc(NC(=O)C2CC23CCNCC3)c1. The minimum absolute atomic E-state index is 0.0117. The summed E-state index contributed by atoms with van der Waals surface area (Å²) in [6.45, 7) is 7.27. The average molecular weight is 359 g/mol. The van der Waals surface area contributed by atoms with E-state index in [0.717, 1.165) is 38.0 Å². The Hall–Kier alpha value is -2.08. The van der Waals surface area contributed by atoms with Gasteiger partial charge in [0.15, 0.2) is 6.61 Å². The lowest BCUT2D eigenvalue weighted by Crippen LogP contribution is -2.34. The van der Waals surface area contributed by atoms with Crippen molar-refractivity contribution in [2.24, 2.45) is 11.3 Å². The standard InChI is InChI=1S/C20H29N3O3/c1-3-23(4-2)18(24)14-26-16-7-5-6-15(12-16)22-19(25)17-13-20(17)8-10-21-11-9-20/h5-7,12,17,21H,3-4,8-11,13-14H2,1-2H3,(H,22,25). The molecule has 1 aromatic carbocycles. The molecule has 1 aromatic rings. The van der Waals surface area contributed by atoms with E-state index in [0.29, 0.717) is 18.8 Å². The summed E-state index contributed by atoms with van der Waals surface area (Å²) in [7, 11) is 0. The van der Waals surface area contributed by atoms with Gasteiger partial charge in [-0.3, -0.25) is 9.59 Å². The Morgan fingerprint density at radius 3 is 2.69 bits per heavy atom. The Balaban J connectivity index is 1.53. The number of rotatable bonds is 7. The lowest BCUT2D eigenvalue weighted by atomic mass is 9.92. The van der Waals surface area contributed by atoms with Crippen molar-refractivity contribution in [1.29, 1.82) is 0 Å². The first-order valence-corrected chi connectivity index (χ1v) is 9.60. The maximum Gasteiger partial charge on any atom is 0.260 e. The number of piperidine rings is 1. The van der Waals surface area contributed by atoms with E-state index < -0.39 is 0 Å². The number of likely N-dealkylation sites (N-methyl/N-ethyl adjacent to an activating group) is 1. The molecule has 3 rings (SSSR count). The summed E-state index contributed by atoms with van der Waals surface area (Å²) in [4.78, 5) is 26.3. The van der Waals surface area contributed by atoms with Gasteiger partial charge in [-0.25, -0.2) is 0 Å². The highest BCUT2D eigenvalue weighted by molar-refractivity contribution is 5.95. The lowest BCUT2D eigenvalue weighted by Gasteiger charge is -2.23. The Bertz CT molecular complexity index is 651. The van der Waals surface area contributed by atoms with Gasteiger partial charge in [-0.2, -0.15) is 0 Å². The predicted molar refractivity (Wildman–Crippen MR) is 101 cm³/mol. The van der Waals surface area contributed by atoms with Crippen LogP contribution in [0.1, 0.15) is 33.1 Å². The first-order valence-electron chi connectivity index (χ1n) is 9.60. The van der Waals surface area contributed by atoms with Crippen LogP contribution in [0.2, 0.25) is 0 Å². The van der Waals surface area contributed by atoms with Gasteiger partial charge in [0.25, 0.3) is 5.91 Å². The van der Waals surface area contributed by atoms with E-state index in [4.69, 9.17) is 4.74 Å². The van der Waals surface area contributed by atoms with Crippen molar-refractivity contribution < 1.29 is 14.3 Å². The average Bonchev–Trinajstić information content (AvgIpc) is 3.35. The van der Waals surface area contributed by atoms with Crippen LogP contribution in [-0.2, 0) is 9.59 Å². The van der Waals surface area contributed by atoms with Crippen LogP contribution in [0.25, 0.3) is 0 Å². The van der Waals surface area contributed by atoms with Crippen LogP contribution in [-0.4, -0.2) is 49.5 Å². The molecule has 1 heterocycles. The summed E-state index contributed by atoms with van der Waals surface area (Å²) in [5.41, 5.74) is 0.943. The number of carbonyl (C=O) groups excluding carboxylic acids is 2. The van der Waals surface area contributed by atoms with Crippen molar-refractivity contribution in [3.63, 3.8) is 0 Å². The maximum atomic E-state index is 12.6. The molecule has 1 saturated carbocycles. The third kappa shape index (κ3) is 4.18. The van der Waals surface area contributed by atoms with Crippen LogP contribution in [0, 0.1) is 11.3 Å². The number of hydrogen-bond acceptors (Lipinski definition) is 4. The highest BCUT2D eigenvalue weighted by Crippen LogP contribution is 2.58. The summed E-state index contributed by atoms with van der Waals surface area (Å²) < 4.78 is 5.61. The third-order valence-electron chi connectivity index (χ3n) is 5.69. The molecule has 1 atom stereocenters. The van der Waals surface area contributed by atoms with E-state index >= 15 is 0 Å². The molecule has 2 amide bonds. The molecule has 2 aliphatic rings. The third-order valence-corrected chi connectivity index (χ3v) is 5.69. The molecule has 6 heteroatoms. The van der Waals surface area contributed by atoms with Crippen molar-refractivity contribution in [2.45, 2.75) is 33.1 Å². The minimum atomic E-state index is -0.0322. The second-order valence-electron chi connectivity index (χ2n) is 7.24. The topological polar surface area (TPSA) is 70.7 Å². The number of benzene rings is 1. The summed E-state index contributed by atoms with van der Waals surface area (Å²) in [6.07, 6.45) is 3.17. The Morgan fingerprint density at radius 2 is 2.00 bits per heavy atom. The summed E-state index contributed by atoms with van der Waals surface area (Å²) in [5.74, 6) is 0.785. The fraction of sp³-hybridized carbons (Fsp3) is 0.600.